The first-order chi connectivity index (χ1) is 9.29. The molecule has 0 N–H and O–H groups in total. The molecule has 2 rings (SSSR count). The van der Waals surface area contributed by atoms with Gasteiger partial charge in [-0.2, -0.15) is 0 Å². The third-order valence-electron chi connectivity index (χ3n) is 3.39. The first-order valence-corrected chi connectivity index (χ1v) is 7.09. The highest BCUT2D eigenvalue weighted by Gasteiger charge is 2.25. The molecule has 1 heterocycles. The number of rotatable bonds is 7. The lowest BCUT2D eigenvalue weighted by atomic mass is 10.0. The number of unbranched alkanes of at least 4 members (excludes halogenated alkanes) is 2. The molecule has 19 heavy (non-hydrogen) atoms. The fraction of sp³-hybridized carbons (Fsp3) is 0.500. The Morgan fingerprint density at radius 2 is 2.11 bits per heavy atom. The van der Waals surface area contributed by atoms with Crippen LogP contribution < -0.4 is 0 Å². The Hall–Kier alpha value is -1.64. The van der Waals surface area contributed by atoms with Crippen LogP contribution in [0.25, 0.3) is 0 Å². The minimum atomic E-state index is 0.0872. The lowest BCUT2D eigenvalue weighted by molar-refractivity contribution is -0.112. The zero-order chi connectivity index (χ0) is 13.5. The highest BCUT2D eigenvalue weighted by Crippen LogP contribution is 2.18. The Morgan fingerprint density at radius 3 is 2.84 bits per heavy atom. The largest absolute Gasteiger partial charge is 0.392 e. The summed E-state index contributed by atoms with van der Waals surface area (Å²) >= 11 is 0. The molecule has 0 saturated heterocycles. The second-order valence-corrected chi connectivity index (χ2v) is 5.05. The fourth-order valence-electron chi connectivity index (χ4n) is 2.25. The standard InChI is InChI=1S/C16H21NO2/c1-2-3-5-10-14-12-15(17-19-14)16(18)11-13-8-6-4-7-9-13/h4,6-9,14H,2-3,5,10-12H2,1H3. The maximum Gasteiger partial charge on any atom is 0.184 e. The van der Waals surface area contributed by atoms with E-state index in [1.165, 1.54) is 12.8 Å². The number of hydrogen-bond acceptors (Lipinski definition) is 3. The molecular weight excluding hydrogens is 238 g/mol. The zero-order valence-electron chi connectivity index (χ0n) is 11.5. The van der Waals surface area contributed by atoms with Crippen molar-refractivity contribution in [2.45, 2.75) is 51.6 Å². The molecule has 0 radical (unpaired) electrons. The van der Waals surface area contributed by atoms with Crippen LogP contribution in [0, 0.1) is 0 Å². The second kappa shape index (κ2) is 7.07. The number of Topliss-reactive ketones (excluding diaryl/α,β-unsaturated/α-hetero) is 1. The van der Waals surface area contributed by atoms with Crippen molar-refractivity contribution in [3.05, 3.63) is 35.9 Å². The number of carbonyl (C=O) groups is 1. The zero-order valence-corrected chi connectivity index (χ0v) is 11.5. The van der Waals surface area contributed by atoms with E-state index in [0.29, 0.717) is 18.6 Å². The van der Waals surface area contributed by atoms with Gasteiger partial charge in [0.2, 0.25) is 0 Å². The number of benzene rings is 1. The van der Waals surface area contributed by atoms with Gasteiger partial charge in [0.1, 0.15) is 11.8 Å². The molecule has 0 saturated carbocycles. The van der Waals surface area contributed by atoms with Crippen LogP contribution in [-0.2, 0) is 16.1 Å². The molecule has 0 amide bonds. The highest BCUT2D eigenvalue weighted by molar-refractivity contribution is 6.40. The van der Waals surface area contributed by atoms with E-state index in [2.05, 4.69) is 12.1 Å². The van der Waals surface area contributed by atoms with Crippen molar-refractivity contribution >= 4 is 11.5 Å². The van der Waals surface area contributed by atoms with Gasteiger partial charge in [-0.3, -0.25) is 4.79 Å². The monoisotopic (exact) mass is 259 g/mol. The van der Waals surface area contributed by atoms with Gasteiger partial charge in [-0.15, -0.1) is 0 Å². The van der Waals surface area contributed by atoms with Gasteiger partial charge in [0, 0.05) is 12.8 Å². The van der Waals surface area contributed by atoms with E-state index in [1.54, 1.807) is 0 Å². The molecule has 1 unspecified atom stereocenters. The van der Waals surface area contributed by atoms with Gasteiger partial charge in [0.25, 0.3) is 0 Å². The third-order valence-corrected chi connectivity index (χ3v) is 3.39. The fourth-order valence-corrected chi connectivity index (χ4v) is 2.25. The lowest BCUT2D eigenvalue weighted by Crippen LogP contribution is -2.17. The van der Waals surface area contributed by atoms with Gasteiger partial charge in [-0.25, -0.2) is 0 Å². The minimum Gasteiger partial charge on any atom is -0.392 e. The first-order valence-electron chi connectivity index (χ1n) is 7.09. The highest BCUT2D eigenvalue weighted by atomic mass is 16.6. The maximum absolute atomic E-state index is 12.1. The summed E-state index contributed by atoms with van der Waals surface area (Å²) in [5.41, 5.74) is 1.63. The van der Waals surface area contributed by atoms with Crippen molar-refractivity contribution in [2.24, 2.45) is 5.16 Å². The van der Waals surface area contributed by atoms with Crippen LogP contribution in [0.2, 0.25) is 0 Å². The Kier molecular flexibility index (Phi) is 5.13. The summed E-state index contributed by atoms with van der Waals surface area (Å²) in [6, 6.07) is 9.78. The number of oxime groups is 1. The van der Waals surface area contributed by atoms with E-state index >= 15 is 0 Å². The number of ketones is 1. The van der Waals surface area contributed by atoms with Crippen molar-refractivity contribution in [2.75, 3.05) is 0 Å². The molecular formula is C16H21NO2. The normalized spacial score (nSPS) is 17.9. The van der Waals surface area contributed by atoms with Crippen LogP contribution in [0.1, 0.15) is 44.6 Å². The van der Waals surface area contributed by atoms with Gasteiger partial charge >= 0.3 is 0 Å². The summed E-state index contributed by atoms with van der Waals surface area (Å²) in [5.74, 6) is 0.0872. The lowest BCUT2D eigenvalue weighted by Gasteiger charge is -2.06. The molecule has 0 bridgehead atoms. The summed E-state index contributed by atoms with van der Waals surface area (Å²) in [4.78, 5) is 17.4. The summed E-state index contributed by atoms with van der Waals surface area (Å²) in [6.07, 6.45) is 5.78. The predicted octanol–water partition coefficient (Wildman–Crippen LogP) is 3.52. The molecule has 1 aromatic rings. The van der Waals surface area contributed by atoms with Gasteiger partial charge in [0.05, 0.1) is 0 Å². The molecule has 0 aliphatic carbocycles. The van der Waals surface area contributed by atoms with Crippen LogP contribution in [0.15, 0.2) is 35.5 Å². The summed E-state index contributed by atoms with van der Waals surface area (Å²) in [6.45, 7) is 2.18. The number of hydrogen-bond donors (Lipinski definition) is 0. The number of nitrogens with zero attached hydrogens (tertiary/aromatic N) is 1. The van der Waals surface area contributed by atoms with Gasteiger partial charge in [-0.1, -0.05) is 55.3 Å². The maximum atomic E-state index is 12.1. The SMILES string of the molecule is CCCCCC1CC(C(=O)Cc2ccccc2)=NO1. The van der Waals surface area contributed by atoms with E-state index in [1.807, 2.05) is 30.3 Å². The summed E-state index contributed by atoms with van der Waals surface area (Å²) in [5, 5.41) is 3.96. The van der Waals surface area contributed by atoms with Crippen LogP contribution in [0.3, 0.4) is 0 Å². The predicted molar refractivity (Wildman–Crippen MR) is 76.2 cm³/mol. The first kappa shape index (κ1) is 13.8. The van der Waals surface area contributed by atoms with Crippen molar-refractivity contribution in [3.63, 3.8) is 0 Å². The Labute approximate surface area is 114 Å². The Morgan fingerprint density at radius 1 is 1.32 bits per heavy atom. The van der Waals surface area contributed by atoms with Crippen LogP contribution in [-0.4, -0.2) is 17.6 Å². The van der Waals surface area contributed by atoms with Gasteiger partial charge in [-0.05, 0) is 18.4 Å². The molecule has 1 aromatic carbocycles. The molecule has 0 aromatic heterocycles. The minimum absolute atomic E-state index is 0.0872. The van der Waals surface area contributed by atoms with E-state index in [0.717, 1.165) is 18.4 Å². The molecule has 3 nitrogen and oxygen atoms in total. The smallest absolute Gasteiger partial charge is 0.184 e. The second-order valence-electron chi connectivity index (χ2n) is 5.05. The van der Waals surface area contributed by atoms with Crippen LogP contribution >= 0.6 is 0 Å². The average molecular weight is 259 g/mol. The summed E-state index contributed by atoms with van der Waals surface area (Å²) < 4.78 is 0. The van der Waals surface area contributed by atoms with E-state index in [-0.39, 0.29) is 11.9 Å². The topological polar surface area (TPSA) is 38.7 Å². The van der Waals surface area contributed by atoms with E-state index in [4.69, 9.17) is 4.84 Å². The molecule has 0 fully saturated rings. The van der Waals surface area contributed by atoms with E-state index in [9.17, 15) is 4.79 Å². The van der Waals surface area contributed by atoms with Crippen molar-refractivity contribution in [3.8, 4) is 0 Å². The van der Waals surface area contributed by atoms with Crippen LogP contribution in [0.4, 0.5) is 0 Å². The molecule has 1 atom stereocenters. The van der Waals surface area contributed by atoms with Crippen LogP contribution in [0.5, 0.6) is 0 Å². The van der Waals surface area contributed by atoms with Crippen molar-refractivity contribution in [1.29, 1.82) is 0 Å². The van der Waals surface area contributed by atoms with E-state index < -0.39 is 0 Å². The Balaban J connectivity index is 1.78. The van der Waals surface area contributed by atoms with Crippen molar-refractivity contribution in [1.82, 2.24) is 0 Å². The third kappa shape index (κ3) is 4.19. The average Bonchev–Trinajstić information content (AvgIpc) is 2.89. The molecule has 3 heteroatoms. The van der Waals surface area contributed by atoms with Gasteiger partial charge in [0.15, 0.2) is 5.78 Å². The quantitative estimate of drug-likeness (QED) is 0.703. The molecule has 102 valence electrons. The molecule has 1 aliphatic rings. The summed E-state index contributed by atoms with van der Waals surface area (Å²) in [7, 11) is 0. The molecule has 1 aliphatic heterocycles. The molecule has 0 spiro atoms. The van der Waals surface area contributed by atoms with Crippen molar-refractivity contribution < 1.29 is 9.63 Å². The van der Waals surface area contributed by atoms with Gasteiger partial charge < -0.3 is 4.84 Å². The number of carbonyl (C=O) groups excluding carboxylic acids is 1. The Bertz CT molecular complexity index is 439.